The monoisotopic (exact) mass is 241 g/mol. The Kier molecular flexibility index (Phi) is 3.87. The lowest BCUT2D eigenvalue weighted by molar-refractivity contribution is 0.373. The minimum absolute atomic E-state index is 0.212. The van der Waals surface area contributed by atoms with Gasteiger partial charge in [-0.2, -0.15) is 5.10 Å². The van der Waals surface area contributed by atoms with Crippen molar-refractivity contribution in [3.8, 4) is 0 Å². The molecule has 0 saturated heterocycles. The second-order valence-electron chi connectivity index (χ2n) is 4.82. The molecule has 0 aromatic carbocycles. The van der Waals surface area contributed by atoms with Crippen molar-refractivity contribution in [3.05, 3.63) is 18.0 Å². The van der Waals surface area contributed by atoms with Gasteiger partial charge in [-0.05, 0) is 31.4 Å². The summed E-state index contributed by atoms with van der Waals surface area (Å²) in [5, 5.41) is 7.80. The van der Waals surface area contributed by atoms with Crippen LogP contribution < -0.4 is 5.32 Å². The highest BCUT2D eigenvalue weighted by Gasteiger charge is 2.31. The maximum Gasteiger partial charge on any atom is 0.0522 e. The van der Waals surface area contributed by atoms with E-state index in [9.17, 15) is 0 Å². The SMILES string of the molecule is Cn1cc(CCNC2(CCl)CCCC2)cn1. The topological polar surface area (TPSA) is 29.9 Å². The Morgan fingerprint density at radius 3 is 2.81 bits per heavy atom. The zero-order chi connectivity index (χ0) is 11.4. The van der Waals surface area contributed by atoms with Crippen molar-refractivity contribution in [1.82, 2.24) is 15.1 Å². The van der Waals surface area contributed by atoms with Crippen molar-refractivity contribution >= 4 is 11.6 Å². The molecule has 0 atom stereocenters. The van der Waals surface area contributed by atoms with E-state index in [1.165, 1.54) is 31.2 Å². The quantitative estimate of drug-likeness (QED) is 0.801. The van der Waals surface area contributed by atoms with Crippen LogP contribution in [-0.2, 0) is 13.5 Å². The summed E-state index contributed by atoms with van der Waals surface area (Å²) in [5.74, 6) is 0.736. The van der Waals surface area contributed by atoms with Crippen LogP contribution in [-0.4, -0.2) is 27.7 Å². The van der Waals surface area contributed by atoms with Crippen LogP contribution in [0, 0.1) is 0 Å². The number of nitrogens with one attached hydrogen (secondary N) is 1. The molecule has 1 aliphatic rings. The van der Waals surface area contributed by atoms with Gasteiger partial charge in [-0.1, -0.05) is 12.8 Å². The third-order valence-corrected chi connectivity index (χ3v) is 4.00. The number of hydrogen-bond acceptors (Lipinski definition) is 2. The van der Waals surface area contributed by atoms with Crippen molar-refractivity contribution in [1.29, 1.82) is 0 Å². The molecule has 0 aliphatic heterocycles. The Hall–Kier alpha value is -0.540. The second kappa shape index (κ2) is 5.19. The maximum absolute atomic E-state index is 6.07. The summed E-state index contributed by atoms with van der Waals surface area (Å²) >= 11 is 6.07. The van der Waals surface area contributed by atoms with Crippen molar-refractivity contribution in [2.45, 2.75) is 37.6 Å². The molecule has 0 unspecified atom stereocenters. The van der Waals surface area contributed by atoms with Gasteiger partial charge >= 0.3 is 0 Å². The normalized spacial score (nSPS) is 19.1. The average Bonchev–Trinajstić information content (AvgIpc) is 2.89. The molecule has 1 aliphatic carbocycles. The van der Waals surface area contributed by atoms with Gasteiger partial charge in [0, 0.05) is 24.7 Å². The summed E-state index contributed by atoms with van der Waals surface area (Å²) < 4.78 is 1.85. The standard InChI is InChI=1S/C12H20ClN3/c1-16-9-11(8-15-16)4-7-14-12(10-13)5-2-3-6-12/h8-9,14H,2-7,10H2,1H3. The maximum atomic E-state index is 6.07. The number of alkyl halides is 1. The molecule has 1 aromatic heterocycles. The van der Waals surface area contributed by atoms with Crippen LogP contribution in [0.1, 0.15) is 31.2 Å². The summed E-state index contributed by atoms with van der Waals surface area (Å²) in [5.41, 5.74) is 1.50. The first-order chi connectivity index (χ1) is 7.74. The van der Waals surface area contributed by atoms with Gasteiger partial charge in [-0.25, -0.2) is 0 Å². The molecular formula is C12H20ClN3. The van der Waals surface area contributed by atoms with Gasteiger partial charge < -0.3 is 5.32 Å². The summed E-state index contributed by atoms with van der Waals surface area (Å²) in [7, 11) is 1.95. The Labute approximate surface area is 102 Å². The predicted molar refractivity (Wildman–Crippen MR) is 66.8 cm³/mol. The summed E-state index contributed by atoms with van der Waals surface area (Å²) in [4.78, 5) is 0. The fourth-order valence-electron chi connectivity index (χ4n) is 2.48. The molecule has 4 heteroatoms. The first-order valence-electron chi connectivity index (χ1n) is 6.03. The Balaban J connectivity index is 1.78. The lowest BCUT2D eigenvalue weighted by Crippen LogP contribution is -2.45. The molecule has 1 saturated carbocycles. The van der Waals surface area contributed by atoms with E-state index in [0.717, 1.165) is 18.8 Å². The van der Waals surface area contributed by atoms with Crippen LogP contribution in [0.5, 0.6) is 0 Å². The molecule has 90 valence electrons. The van der Waals surface area contributed by atoms with E-state index in [2.05, 4.69) is 16.6 Å². The summed E-state index contributed by atoms with van der Waals surface area (Å²) in [6.45, 7) is 0.998. The number of aromatic nitrogens is 2. The molecule has 2 rings (SSSR count). The van der Waals surface area contributed by atoms with E-state index in [1.54, 1.807) is 0 Å². The van der Waals surface area contributed by atoms with Crippen LogP contribution in [0.4, 0.5) is 0 Å². The zero-order valence-electron chi connectivity index (χ0n) is 9.88. The number of hydrogen-bond donors (Lipinski definition) is 1. The number of halogens is 1. The van der Waals surface area contributed by atoms with Crippen molar-refractivity contribution in [3.63, 3.8) is 0 Å². The predicted octanol–water partition coefficient (Wildman–Crippen LogP) is 2.10. The van der Waals surface area contributed by atoms with Gasteiger partial charge in [0.1, 0.15) is 0 Å². The largest absolute Gasteiger partial charge is 0.310 e. The third-order valence-electron chi connectivity index (χ3n) is 3.49. The molecule has 1 heterocycles. The molecule has 0 bridgehead atoms. The lowest BCUT2D eigenvalue weighted by atomic mass is 10.0. The van der Waals surface area contributed by atoms with Gasteiger partial charge in [0.25, 0.3) is 0 Å². The van der Waals surface area contributed by atoms with Gasteiger partial charge in [-0.15, -0.1) is 11.6 Å². The fraction of sp³-hybridized carbons (Fsp3) is 0.750. The Morgan fingerprint density at radius 2 is 2.25 bits per heavy atom. The van der Waals surface area contributed by atoms with Crippen LogP contribution in [0.15, 0.2) is 12.4 Å². The minimum Gasteiger partial charge on any atom is -0.310 e. The van der Waals surface area contributed by atoms with Crippen molar-refractivity contribution < 1.29 is 0 Å². The molecule has 0 amide bonds. The van der Waals surface area contributed by atoms with E-state index < -0.39 is 0 Å². The van der Waals surface area contributed by atoms with Gasteiger partial charge in [0.05, 0.1) is 6.20 Å². The van der Waals surface area contributed by atoms with E-state index in [0.29, 0.717) is 0 Å². The molecular weight excluding hydrogens is 222 g/mol. The van der Waals surface area contributed by atoms with E-state index in [4.69, 9.17) is 11.6 Å². The highest BCUT2D eigenvalue weighted by molar-refractivity contribution is 6.18. The lowest BCUT2D eigenvalue weighted by Gasteiger charge is -2.27. The highest BCUT2D eigenvalue weighted by atomic mass is 35.5. The second-order valence-corrected chi connectivity index (χ2v) is 5.09. The van der Waals surface area contributed by atoms with E-state index >= 15 is 0 Å². The van der Waals surface area contributed by atoms with Crippen LogP contribution in [0.25, 0.3) is 0 Å². The number of aryl methyl sites for hydroxylation is 1. The Bertz CT molecular complexity index is 329. The summed E-state index contributed by atoms with van der Waals surface area (Å²) in [6, 6.07) is 0. The molecule has 1 N–H and O–H groups in total. The molecule has 3 nitrogen and oxygen atoms in total. The summed E-state index contributed by atoms with van der Waals surface area (Å²) in [6.07, 6.45) is 10.1. The number of rotatable bonds is 5. The van der Waals surface area contributed by atoms with Gasteiger partial charge in [-0.3, -0.25) is 4.68 Å². The van der Waals surface area contributed by atoms with Gasteiger partial charge in [0.15, 0.2) is 0 Å². The Morgan fingerprint density at radius 1 is 1.50 bits per heavy atom. The average molecular weight is 242 g/mol. The van der Waals surface area contributed by atoms with E-state index in [1.807, 2.05) is 17.9 Å². The highest BCUT2D eigenvalue weighted by Crippen LogP contribution is 2.30. The number of nitrogens with zero attached hydrogens (tertiary/aromatic N) is 2. The van der Waals surface area contributed by atoms with Crippen LogP contribution in [0.2, 0.25) is 0 Å². The fourth-order valence-corrected chi connectivity index (χ4v) is 2.84. The first kappa shape index (κ1) is 11.9. The molecule has 0 radical (unpaired) electrons. The van der Waals surface area contributed by atoms with Crippen LogP contribution in [0.3, 0.4) is 0 Å². The third kappa shape index (κ3) is 2.77. The molecule has 0 spiro atoms. The van der Waals surface area contributed by atoms with E-state index in [-0.39, 0.29) is 5.54 Å². The zero-order valence-corrected chi connectivity index (χ0v) is 10.6. The first-order valence-corrected chi connectivity index (χ1v) is 6.56. The smallest absolute Gasteiger partial charge is 0.0522 e. The van der Waals surface area contributed by atoms with Crippen LogP contribution >= 0.6 is 11.6 Å². The minimum atomic E-state index is 0.212. The molecule has 1 aromatic rings. The van der Waals surface area contributed by atoms with Gasteiger partial charge in [0.2, 0.25) is 0 Å². The van der Waals surface area contributed by atoms with Crippen molar-refractivity contribution in [2.75, 3.05) is 12.4 Å². The molecule has 1 fully saturated rings. The van der Waals surface area contributed by atoms with Crippen molar-refractivity contribution in [2.24, 2.45) is 7.05 Å². The molecule has 16 heavy (non-hydrogen) atoms.